The number of ether oxygens (including phenoxy) is 1. The number of halogens is 1. The van der Waals surface area contributed by atoms with Crippen LogP contribution in [0.1, 0.15) is 19.4 Å². The van der Waals surface area contributed by atoms with Crippen molar-refractivity contribution in [2.75, 3.05) is 25.4 Å². The van der Waals surface area contributed by atoms with Gasteiger partial charge in [-0.05, 0) is 37.6 Å². The monoisotopic (exact) mass is 416 g/mol. The van der Waals surface area contributed by atoms with Crippen molar-refractivity contribution in [3.05, 3.63) is 64.0 Å². The molecule has 1 heterocycles. The van der Waals surface area contributed by atoms with Crippen LogP contribution in [-0.4, -0.2) is 52.4 Å². The van der Waals surface area contributed by atoms with Crippen molar-refractivity contribution >= 4 is 17.3 Å². The number of nitro benzene ring substituents is 1. The highest BCUT2D eigenvalue weighted by Gasteiger charge is 2.32. The third-order valence-electron chi connectivity index (χ3n) is 5.29. The Morgan fingerprint density at radius 1 is 1.20 bits per heavy atom. The number of non-ortho nitro benzene ring substituents is 1. The zero-order valence-corrected chi connectivity index (χ0v) is 17.0. The van der Waals surface area contributed by atoms with Gasteiger partial charge in [0.1, 0.15) is 11.6 Å². The van der Waals surface area contributed by atoms with Crippen LogP contribution in [0.15, 0.2) is 42.5 Å². The van der Waals surface area contributed by atoms with E-state index in [2.05, 4.69) is 4.90 Å². The molecule has 0 aliphatic carbocycles. The first-order valence-corrected chi connectivity index (χ1v) is 9.69. The number of rotatable bonds is 6. The molecule has 9 heteroatoms. The van der Waals surface area contributed by atoms with Gasteiger partial charge < -0.3 is 15.4 Å². The van der Waals surface area contributed by atoms with Crippen molar-refractivity contribution in [1.29, 1.82) is 0 Å². The van der Waals surface area contributed by atoms with Crippen molar-refractivity contribution in [3.63, 3.8) is 0 Å². The number of nitrogens with two attached hydrogens (primary N) is 1. The first-order chi connectivity index (χ1) is 14.2. The van der Waals surface area contributed by atoms with Gasteiger partial charge in [0.2, 0.25) is 0 Å². The van der Waals surface area contributed by atoms with Crippen molar-refractivity contribution < 1.29 is 18.8 Å². The van der Waals surface area contributed by atoms with Gasteiger partial charge in [0.05, 0.1) is 16.7 Å². The van der Waals surface area contributed by atoms with E-state index in [-0.39, 0.29) is 47.5 Å². The Bertz CT molecular complexity index is 922. The molecule has 30 heavy (non-hydrogen) atoms. The third-order valence-corrected chi connectivity index (χ3v) is 5.29. The number of hydrogen-bond acceptors (Lipinski definition) is 6. The van der Waals surface area contributed by atoms with Crippen LogP contribution in [0, 0.1) is 15.9 Å². The molecule has 2 unspecified atom stereocenters. The summed E-state index contributed by atoms with van der Waals surface area (Å²) in [5.74, 6) is -0.352. The molecular weight excluding hydrogens is 391 g/mol. The second kappa shape index (κ2) is 9.08. The quantitative estimate of drug-likeness (QED) is 0.441. The van der Waals surface area contributed by atoms with Crippen LogP contribution >= 0.6 is 0 Å². The number of nitrogens with zero attached hydrogens (tertiary/aromatic N) is 3. The van der Waals surface area contributed by atoms with Crippen LogP contribution in [0.2, 0.25) is 0 Å². The average Bonchev–Trinajstić information content (AvgIpc) is 2.71. The summed E-state index contributed by atoms with van der Waals surface area (Å²) < 4.78 is 18.6. The van der Waals surface area contributed by atoms with Crippen LogP contribution in [0.3, 0.4) is 0 Å². The van der Waals surface area contributed by atoms with Gasteiger partial charge >= 0.3 is 0 Å². The second-order valence-electron chi connectivity index (χ2n) is 7.57. The Hall–Kier alpha value is -3.20. The molecule has 2 atom stereocenters. The molecule has 2 aromatic carbocycles. The smallest absolute Gasteiger partial charge is 0.273 e. The number of anilines is 1. The molecule has 1 aliphatic heterocycles. The van der Waals surface area contributed by atoms with Crippen molar-refractivity contribution in [2.24, 2.45) is 0 Å². The van der Waals surface area contributed by atoms with Gasteiger partial charge in [-0.3, -0.25) is 19.8 Å². The molecule has 0 radical (unpaired) electrons. The molecule has 0 aromatic heterocycles. The van der Waals surface area contributed by atoms with E-state index in [0.29, 0.717) is 19.6 Å². The molecule has 1 fully saturated rings. The Morgan fingerprint density at radius 3 is 2.57 bits per heavy atom. The van der Waals surface area contributed by atoms with Crippen molar-refractivity contribution in [2.45, 2.75) is 32.5 Å². The van der Waals surface area contributed by atoms with Gasteiger partial charge in [0.15, 0.2) is 6.61 Å². The highest BCUT2D eigenvalue weighted by molar-refractivity contribution is 5.78. The molecule has 1 aliphatic rings. The summed E-state index contributed by atoms with van der Waals surface area (Å²) in [6, 6.07) is 10.4. The second-order valence-corrected chi connectivity index (χ2v) is 7.57. The fraction of sp³-hybridized carbons (Fsp3) is 0.381. The van der Waals surface area contributed by atoms with E-state index in [1.807, 2.05) is 13.8 Å². The molecule has 3 rings (SSSR count). The highest BCUT2D eigenvalue weighted by Crippen LogP contribution is 2.27. The zero-order valence-electron chi connectivity index (χ0n) is 17.0. The number of nitrogen functional groups attached to an aromatic ring is 1. The maximum Gasteiger partial charge on any atom is 0.273 e. The maximum atomic E-state index is 13.1. The molecule has 1 saturated heterocycles. The molecule has 0 saturated carbocycles. The summed E-state index contributed by atoms with van der Waals surface area (Å²) in [6.07, 6.45) is 0. The molecule has 0 bridgehead atoms. The fourth-order valence-corrected chi connectivity index (χ4v) is 3.57. The molecular formula is C21H25FN4O4. The number of nitro groups is 1. The van der Waals surface area contributed by atoms with Gasteiger partial charge in [-0.25, -0.2) is 4.39 Å². The largest absolute Gasteiger partial charge is 0.481 e. The highest BCUT2D eigenvalue weighted by atomic mass is 19.1. The molecule has 0 spiro atoms. The summed E-state index contributed by atoms with van der Waals surface area (Å²) in [4.78, 5) is 27.1. The predicted octanol–water partition coefficient (Wildman–Crippen LogP) is 2.82. The van der Waals surface area contributed by atoms with E-state index in [1.54, 1.807) is 17.0 Å². The van der Waals surface area contributed by atoms with E-state index in [4.69, 9.17) is 10.5 Å². The lowest BCUT2D eigenvalue weighted by atomic mass is 10.1. The van der Waals surface area contributed by atoms with E-state index in [0.717, 1.165) is 5.56 Å². The molecule has 2 aromatic rings. The SMILES string of the molecule is CC1CN(C(=O)COc2cc([N+](=O)[O-])ccc2N)C(C)CN1Cc1ccc(F)cc1. The fourth-order valence-electron chi connectivity index (χ4n) is 3.57. The summed E-state index contributed by atoms with van der Waals surface area (Å²) in [5, 5.41) is 10.9. The van der Waals surface area contributed by atoms with E-state index >= 15 is 0 Å². The molecule has 8 nitrogen and oxygen atoms in total. The Morgan fingerprint density at radius 2 is 1.90 bits per heavy atom. The van der Waals surface area contributed by atoms with Gasteiger partial charge in [-0.1, -0.05) is 12.1 Å². The van der Waals surface area contributed by atoms with Crippen LogP contribution in [0.4, 0.5) is 15.8 Å². The Kier molecular flexibility index (Phi) is 6.51. The lowest BCUT2D eigenvalue weighted by Gasteiger charge is -2.44. The number of carbonyl (C=O) groups excluding carboxylic acids is 1. The van der Waals surface area contributed by atoms with Gasteiger partial charge in [-0.2, -0.15) is 0 Å². The van der Waals surface area contributed by atoms with Crippen LogP contribution in [-0.2, 0) is 11.3 Å². The number of hydrogen-bond donors (Lipinski definition) is 1. The first kappa shape index (κ1) is 21.5. The van der Waals surface area contributed by atoms with E-state index in [1.165, 1.54) is 30.3 Å². The first-order valence-electron chi connectivity index (χ1n) is 9.69. The number of amides is 1. The third kappa shape index (κ3) is 5.04. The predicted molar refractivity (Wildman–Crippen MR) is 110 cm³/mol. The molecule has 1 amide bonds. The lowest BCUT2D eigenvalue weighted by Crippen LogP contribution is -2.58. The maximum absolute atomic E-state index is 13.1. The Balaban J connectivity index is 1.59. The van der Waals surface area contributed by atoms with Crippen LogP contribution in [0.25, 0.3) is 0 Å². The van der Waals surface area contributed by atoms with Gasteiger partial charge in [-0.15, -0.1) is 0 Å². The number of piperazine rings is 1. The Labute approximate surface area is 174 Å². The van der Waals surface area contributed by atoms with Crippen LogP contribution < -0.4 is 10.5 Å². The summed E-state index contributed by atoms with van der Waals surface area (Å²) in [6.45, 7) is 5.62. The average molecular weight is 416 g/mol. The van der Waals surface area contributed by atoms with Gasteiger partial charge in [0, 0.05) is 37.8 Å². The molecule has 2 N–H and O–H groups in total. The van der Waals surface area contributed by atoms with E-state index < -0.39 is 4.92 Å². The number of carbonyl (C=O) groups is 1. The minimum absolute atomic E-state index is 0.0415. The zero-order chi connectivity index (χ0) is 21.8. The summed E-state index contributed by atoms with van der Waals surface area (Å²) >= 11 is 0. The molecule has 160 valence electrons. The lowest BCUT2D eigenvalue weighted by molar-refractivity contribution is -0.384. The normalized spacial score (nSPS) is 19.5. The van der Waals surface area contributed by atoms with Crippen molar-refractivity contribution in [3.8, 4) is 5.75 Å². The van der Waals surface area contributed by atoms with Gasteiger partial charge in [0.25, 0.3) is 11.6 Å². The van der Waals surface area contributed by atoms with Crippen LogP contribution in [0.5, 0.6) is 5.75 Å². The van der Waals surface area contributed by atoms with E-state index in [9.17, 15) is 19.3 Å². The summed E-state index contributed by atoms with van der Waals surface area (Å²) in [5.41, 5.74) is 6.90. The standard InChI is InChI=1S/C21H25FN4O4/c1-14-11-25(15(2)10-24(14)12-16-3-5-17(22)6-4-16)21(27)13-30-20-9-18(26(28)29)7-8-19(20)23/h3-9,14-15H,10-13,23H2,1-2H3. The topological polar surface area (TPSA) is 102 Å². The van der Waals surface area contributed by atoms with Crippen molar-refractivity contribution in [1.82, 2.24) is 9.80 Å². The summed E-state index contributed by atoms with van der Waals surface area (Å²) in [7, 11) is 0. The minimum Gasteiger partial charge on any atom is -0.481 e. The number of benzene rings is 2. The minimum atomic E-state index is -0.543.